The number of carbonyl (C=O) groups excluding carboxylic acids is 1. The summed E-state index contributed by atoms with van der Waals surface area (Å²) < 4.78 is 11.4. The normalized spacial score (nSPS) is 21.0. The predicted octanol–water partition coefficient (Wildman–Crippen LogP) is 3.22. The molecule has 1 aromatic carbocycles. The minimum absolute atomic E-state index is 0.0972. The summed E-state index contributed by atoms with van der Waals surface area (Å²) in [7, 11) is 0. The number of morpholine rings is 1. The summed E-state index contributed by atoms with van der Waals surface area (Å²) in [6.07, 6.45) is 2.75. The third kappa shape index (κ3) is 3.85. The van der Waals surface area contributed by atoms with Gasteiger partial charge >= 0.3 is 0 Å². The van der Waals surface area contributed by atoms with Crippen molar-refractivity contribution in [2.45, 2.75) is 45.8 Å². The van der Waals surface area contributed by atoms with Crippen molar-refractivity contribution in [3.8, 4) is 11.3 Å². The summed E-state index contributed by atoms with van der Waals surface area (Å²) >= 11 is 0. The second-order valence-corrected chi connectivity index (χ2v) is 6.52. The van der Waals surface area contributed by atoms with E-state index in [9.17, 15) is 4.79 Å². The highest BCUT2D eigenvalue weighted by atomic mass is 16.5. The fourth-order valence-corrected chi connectivity index (χ4v) is 2.89. The van der Waals surface area contributed by atoms with Gasteiger partial charge in [0.1, 0.15) is 0 Å². The van der Waals surface area contributed by atoms with E-state index in [0.717, 1.165) is 11.3 Å². The monoisotopic (exact) mass is 328 g/mol. The van der Waals surface area contributed by atoms with Gasteiger partial charge in [-0.2, -0.15) is 0 Å². The molecule has 3 rings (SSSR count). The number of oxazole rings is 1. The van der Waals surface area contributed by atoms with Gasteiger partial charge in [-0.3, -0.25) is 4.79 Å². The number of ether oxygens (including phenoxy) is 1. The SMILES string of the molecule is Cc1ccc(-c2cnc(CCC(=O)N3C[C@H](C)OC[C@H]3C)o2)cc1. The Morgan fingerprint density at radius 1 is 1.29 bits per heavy atom. The lowest BCUT2D eigenvalue weighted by Crippen LogP contribution is -2.50. The van der Waals surface area contributed by atoms with Gasteiger partial charge in [0.2, 0.25) is 5.91 Å². The highest BCUT2D eigenvalue weighted by Crippen LogP contribution is 2.21. The Bertz CT molecular complexity index is 693. The summed E-state index contributed by atoms with van der Waals surface area (Å²) in [5, 5.41) is 0. The molecular formula is C19H24N2O3. The Balaban J connectivity index is 1.59. The van der Waals surface area contributed by atoms with Gasteiger partial charge in [-0.15, -0.1) is 0 Å². The third-order valence-electron chi connectivity index (χ3n) is 4.37. The topological polar surface area (TPSA) is 55.6 Å². The van der Waals surface area contributed by atoms with Crippen molar-refractivity contribution in [2.24, 2.45) is 0 Å². The lowest BCUT2D eigenvalue weighted by Gasteiger charge is -2.36. The van der Waals surface area contributed by atoms with Crippen LogP contribution in [-0.2, 0) is 16.0 Å². The van der Waals surface area contributed by atoms with Crippen LogP contribution in [0.15, 0.2) is 34.9 Å². The van der Waals surface area contributed by atoms with Gasteiger partial charge in [0, 0.05) is 24.9 Å². The maximum Gasteiger partial charge on any atom is 0.223 e. The molecule has 24 heavy (non-hydrogen) atoms. The highest BCUT2D eigenvalue weighted by Gasteiger charge is 2.27. The molecule has 2 heterocycles. The first kappa shape index (κ1) is 16.7. The largest absolute Gasteiger partial charge is 0.441 e. The van der Waals surface area contributed by atoms with Crippen LogP contribution in [0, 0.1) is 6.92 Å². The number of nitrogens with zero attached hydrogens (tertiary/aromatic N) is 2. The summed E-state index contributed by atoms with van der Waals surface area (Å²) in [5.74, 6) is 1.48. The van der Waals surface area contributed by atoms with Crippen molar-refractivity contribution in [3.05, 3.63) is 41.9 Å². The van der Waals surface area contributed by atoms with E-state index in [0.29, 0.717) is 31.9 Å². The van der Waals surface area contributed by atoms with E-state index in [4.69, 9.17) is 9.15 Å². The van der Waals surface area contributed by atoms with Crippen molar-refractivity contribution in [1.82, 2.24) is 9.88 Å². The van der Waals surface area contributed by atoms with Crippen LogP contribution in [0.2, 0.25) is 0 Å². The zero-order valence-electron chi connectivity index (χ0n) is 14.5. The smallest absolute Gasteiger partial charge is 0.223 e. The van der Waals surface area contributed by atoms with Gasteiger partial charge in [0.25, 0.3) is 0 Å². The fourth-order valence-electron chi connectivity index (χ4n) is 2.89. The first-order valence-corrected chi connectivity index (χ1v) is 8.45. The summed E-state index contributed by atoms with van der Waals surface area (Å²) in [6.45, 7) is 7.32. The average Bonchev–Trinajstić information content (AvgIpc) is 3.04. The lowest BCUT2D eigenvalue weighted by molar-refractivity contribution is -0.143. The van der Waals surface area contributed by atoms with Crippen LogP contribution in [-0.4, -0.2) is 41.1 Å². The van der Waals surface area contributed by atoms with E-state index >= 15 is 0 Å². The molecule has 0 aliphatic carbocycles. The fraction of sp³-hybridized carbons (Fsp3) is 0.474. The van der Waals surface area contributed by atoms with Gasteiger partial charge in [-0.25, -0.2) is 4.98 Å². The predicted molar refractivity (Wildman–Crippen MR) is 91.6 cm³/mol. The van der Waals surface area contributed by atoms with Crippen LogP contribution < -0.4 is 0 Å². The quantitative estimate of drug-likeness (QED) is 0.865. The van der Waals surface area contributed by atoms with E-state index in [-0.39, 0.29) is 18.1 Å². The van der Waals surface area contributed by atoms with Crippen LogP contribution >= 0.6 is 0 Å². The number of benzene rings is 1. The molecular weight excluding hydrogens is 304 g/mol. The number of aromatic nitrogens is 1. The zero-order chi connectivity index (χ0) is 17.1. The van der Waals surface area contributed by atoms with E-state index < -0.39 is 0 Å². The third-order valence-corrected chi connectivity index (χ3v) is 4.37. The molecule has 0 saturated carbocycles. The molecule has 5 nitrogen and oxygen atoms in total. The van der Waals surface area contributed by atoms with Gasteiger partial charge in [0.05, 0.1) is 24.9 Å². The Morgan fingerprint density at radius 3 is 2.79 bits per heavy atom. The number of hydrogen-bond donors (Lipinski definition) is 0. The molecule has 0 N–H and O–H groups in total. The number of aryl methyl sites for hydroxylation is 2. The van der Waals surface area contributed by atoms with Crippen LogP contribution in [0.4, 0.5) is 0 Å². The summed E-state index contributed by atoms with van der Waals surface area (Å²) in [6, 6.07) is 8.24. The minimum atomic E-state index is 0.0972. The molecule has 2 aromatic rings. The van der Waals surface area contributed by atoms with Crippen LogP contribution in [0.25, 0.3) is 11.3 Å². The molecule has 1 amide bonds. The van der Waals surface area contributed by atoms with E-state index in [1.807, 2.05) is 43.0 Å². The maximum absolute atomic E-state index is 12.4. The van der Waals surface area contributed by atoms with Crippen LogP contribution in [0.1, 0.15) is 31.7 Å². The van der Waals surface area contributed by atoms with Gasteiger partial charge in [-0.1, -0.05) is 29.8 Å². The molecule has 2 atom stereocenters. The second-order valence-electron chi connectivity index (χ2n) is 6.52. The molecule has 1 aliphatic heterocycles. The Kier molecular flexibility index (Phi) is 5.00. The van der Waals surface area contributed by atoms with Crippen molar-refractivity contribution in [1.29, 1.82) is 0 Å². The molecule has 0 bridgehead atoms. The number of hydrogen-bond acceptors (Lipinski definition) is 4. The van der Waals surface area contributed by atoms with Gasteiger partial charge in [0.15, 0.2) is 11.7 Å². The van der Waals surface area contributed by atoms with Crippen LogP contribution in [0.3, 0.4) is 0 Å². The molecule has 0 unspecified atom stereocenters. The Hall–Kier alpha value is -2.14. The van der Waals surface area contributed by atoms with Crippen molar-refractivity contribution in [3.63, 3.8) is 0 Å². The molecule has 0 radical (unpaired) electrons. The second kappa shape index (κ2) is 7.18. The summed E-state index contributed by atoms with van der Waals surface area (Å²) in [4.78, 5) is 18.6. The van der Waals surface area contributed by atoms with Crippen molar-refractivity contribution < 1.29 is 13.9 Å². The van der Waals surface area contributed by atoms with E-state index in [1.54, 1.807) is 6.20 Å². The zero-order valence-corrected chi connectivity index (χ0v) is 14.5. The van der Waals surface area contributed by atoms with Crippen molar-refractivity contribution in [2.75, 3.05) is 13.2 Å². The summed E-state index contributed by atoms with van der Waals surface area (Å²) in [5.41, 5.74) is 2.21. The number of rotatable bonds is 4. The minimum Gasteiger partial charge on any atom is -0.441 e. The lowest BCUT2D eigenvalue weighted by atomic mass is 10.1. The van der Waals surface area contributed by atoms with Gasteiger partial charge < -0.3 is 14.1 Å². The molecule has 128 valence electrons. The van der Waals surface area contributed by atoms with E-state index in [2.05, 4.69) is 11.9 Å². The van der Waals surface area contributed by atoms with E-state index in [1.165, 1.54) is 5.56 Å². The number of carbonyl (C=O) groups is 1. The highest BCUT2D eigenvalue weighted by molar-refractivity contribution is 5.76. The number of amides is 1. The first-order valence-electron chi connectivity index (χ1n) is 8.45. The van der Waals surface area contributed by atoms with Crippen molar-refractivity contribution >= 4 is 5.91 Å². The standard InChI is InChI=1S/C19H24N2O3/c1-13-4-6-16(7-5-13)17-10-20-18(24-17)8-9-19(22)21-11-15(3)23-12-14(21)2/h4-7,10,14-15H,8-9,11-12H2,1-3H3/t14-,15+/m1/s1. The maximum atomic E-state index is 12.4. The molecule has 1 aliphatic rings. The van der Waals surface area contributed by atoms with Crippen LogP contribution in [0.5, 0.6) is 0 Å². The Labute approximate surface area is 142 Å². The molecule has 5 heteroatoms. The molecule has 1 aromatic heterocycles. The molecule has 1 saturated heterocycles. The first-order chi connectivity index (χ1) is 11.5. The molecule has 0 spiro atoms. The average molecular weight is 328 g/mol. The molecule has 1 fully saturated rings. The van der Waals surface area contributed by atoms with Gasteiger partial charge in [-0.05, 0) is 20.8 Å². The Morgan fingerprint density at radius 2 is 2.04 bits per heavy atom.